The molecule has 10 atom stereocenters. The maximum atomic E-state index is 12.1. The van der Waals surface area contributed by atoms with Gasteiger partial charge in [-0.1, -0.05) is 12.5 Å². The van der Waals surface area contributed by atoms with Crippen LogP contribution in [0.3, 0.4) is 0 Å². The number of fused-ring (bicyclic) bond motifs is 12. The van der Waals surface area contributed by atoms with E-state index in [1.165, 1.54) is 25.7 Å². The van der Waals surface area contributed by atoms with Gasteiger partial charge in [-0.2, -0.15) is 0 Å². The van der Waals surface area contributed by atoms with Gasteiger partial charge in [0.25, 0.3) is 0 Å². The fourth-order valence-corrected chi connectivity index (χ4v) is 9.35. The SMILES string of the molecule is C[C@]12CCC3C(C1[C@H]1C[C@H]1[C@@]21CCC(=O)O1)[C@H]1C[C@H]1C1=CC(=O)CC[C@@H]13. The van der Waals surface area contributed by atoms with Gasteiger partial charge in [-0.05, 0) is 86.0 Å². The minimum atomic E-state index is -0.118. The molecule has 1 spiro atoms. The zero-order valence-electron chi connectivity index (χ0n) is 15.6. The Bertz CT molecular complexity index is 782. The number of carbonyl (C=O) groups excluding carboxylic acids is 2. The van der Waals surface area contributed by atoms with E-state index in [0.29, 0.717) is 30.0 Å². The van der Waals surface area contributed by atoms with Crippen molar-refractivity contribution < 1.29 is 14.3 Å². The summed E-state index contributed by atoms with van der Waals surface area (Å²) in [6.45, 7) is 2.49. The Hall–Kier alpha value is -1.12. The summed E-state index contributed by atoms with van der Waals surface area (Å²) in [5, 5.41) is 0. The second-order valence-corrected chi connectivity index (χ2v) is 10.9. The van der Waals surface area contributed by atoms with Gasteiger partial charge in [0, 0.05) is 24.2 Å². The van der Waals surface area contributed by atoms with Crippen molar-refractivity contribution in [1.82, 2.24) is 0 Å². The van der Waals surface area contributed by atoms with Crippen LogP contribution in [-0.2, 0) is 14.3 Å². The molecule has 1 heterocycles. The quantitative estimate of drug-likeness (QED) is 0.621. The summed E-state index contributed by atoms with van der Waals surface area (Å²) in [6.07, 6.45) is 10.7. The molecule has 7 aliphatic rings. The fraction of sp³-hybridized carbons (Fsp3) is 0.826. The van der Waals surface area contributed by atoms with Gasteiger partial charge in [0.15, 0.2) is 5.78 Å². The molecule has 0 aromatic carbocycles. The molecule has 3 heteroatoms. The molecular weight excluding hydrogens is 324 g/mol. The number of ether oxygens (including phenoxy) is 1. The van der Waals surface area contributed by atoms with Crippen molar-refractivity contribution >= 4 is 11.8 Å². The standard InChI is InChI=1S/C23H28O3/c1-22-6-4-13-12-3-2-11(24)8-14(12)15-9-16(15)20(13)21(22)17-10-18(17)23(22)7-5-19(25)26-23/h8,12-13,15-18,20-21H,2-7,9-10H2,1H3/t12-,13?,15+,16+,17+,18-,20?,21?,22+,23+/m1/s1. The molecule has 6 fully saturated rings. The topological polar surface area (TPSA) is 43.4 Å². The fourth-order valence-electron chi connectivity index (χ4n) is 9.35. The largest absolute Gasteiger partial charge is 0.458 e. The zero-order chi connectivity index (χ0) is 17.4. The third-order valence-corrected chi connectivity index (χ3v) is 10.2. The maximum absolute atomic E-state index is 12.1. The lowest BCUT2D eigenvalue weighted by Crippen LogP contribution is -2.55. The third-order valence-electron chi connectivity index (χ3n) is 10.2. The maximum Gasteiger partial charge on any atom is 0.306 e. The summed E-state index contributed by atoms with van der Waals surface area (Å²) < 4.78 is 6.19. The van der Waals surface area contributed by atoms with E-state index >= 15 is 0 Å². The molecule has 3 unspecified atom stereocenters. The smallest absolute Gasteiger partial charge is 0.306 e. The van der Waals surface area contributed by atoms with Crippen LogP contribution in [0.15, 0.2) is 11.6 Å². The van der Waals surface area contributed by atoms with Gasteiger partial charge in [0.1, 0.15) is 5.60 Å². The van der Waals surface area contributed by atoms with E-state index in [1.54, 1.807) is 5.57 Å². The first kappa shape index (κ1) is 14.9. The van der Waals surface area contributed by atoms with Crippen LogP contribution in [0.5, 0.6) is 0 Å². The Morgan fingerprint density at radius 3 is 2.69 bits per heavy atom. The van der Waals surface area contributed by atoms with Crippen LogP contribution in [-0.4, -0.2) is 17.4 Å². The van der Waals surface area contributed by atoms with Gasteiger partial charge in [-0.3, -0.25) is 9.59 Å². The summed E-state index contributed by atoms with van der Waals surface area (Å²) in [7, 11) is 0. The van der Waals surface area contributed by atoms with Crippen molar-refractivity contribution in [3.63, 3.8) is 0 Å². The number of carbonyl (C=O) groups is 2. The van der Waals surface area contributed by atoms with E-state index in [4.69, 9.17) is 4.74 Å². The van der Waals surface area contributed by atoms with Crippen LogP contribution in [0.2, 0.25) is 0 Å². The predicted octanol–water partition coefficient (Wildman–Crippen LogP) is 3.92. The van der Waals surface area contributed by atoms with Crippen molar-refractivity contribution in [2.75, 3.05) is 0 Å². The molecule has 6 aliphatic carbocycles. The number of ketones is 1. The van der Waals surface area contributed by atoms with Crippen molar-refractivity contribution in [3.8, 4) is 0 Å². The lowest BCUT2D eigenvalue weighted by atomic mass is 9.49. The van der Waals surface area contributed by atoms with Gasteiger partial charge >= 0.3 is 5.97 Å². The first-order valence-corrected chi connectivity index (χ1v) is 11.0. The molecule has 0 amide bonds. The molecule has 26 heavy (non-hydrogen) atoms. The Morgan fingerprint density at radius 1 is 1.00 bits per heavy atom. The Balaban J connectivity index is 1.31. The summed E-state index contributed by atoms with van der Waals surface area (Å²) in [5.74, 6) is 6.54. The molecule has 3 nitrogen and oxygen atoms in total. The van der Waals surface area contributed by atoms with Crippen molar-refractivity contribution in [1.29, 1.82) is 0 Å². The second kappa shape index (κ2) is 4.31. The highest BCUT2D eigenvalue weighted by Gasteiger charge is 2.80. The average molecular weight is 352 g/mol. The van der Waals surface area contributed by atoms with Crippen molar-refractivity contribution in [3.05, 3.63) is 11.6 Å². The van der Waals surface area contributed by atoms with E-state index in [9.17, 15) is 9.59 Å². The molecule has 0 bridgehead atoms. The number of esters is 1. The van der Waals surface area contributed by atoms with Crippen LogP contribution < -0.4 is 0 Å². The van der Waals surface area contributed by atoms with Gasteiger partial charge in [0.2, 0.25) is 0 Å². The number of rotatable bonds is 0. The molecule has 0 aromatic rings. The lowest BCUT2D eigenvalue weighted by Gasteiger charge is -2.57. The van der Waals surface area contributed by atoms with Crippen molar-refractivity contribution in [2.24, 2.45) is 52.8 Å². The molecule has 0 aromatic heterocycles. The first-order valence-electron chi connectivity index (χ1n) is 11.0. The summed E-state index contributed by atoms with van der Waals surface area (Å²) in [6, 6.07) is 0. The molecule has 1 saturated heterocycles. The molecule has 0 radical (unpaired) electrons. The molecule has 7 rings (SSSR count). The number of hydrogen-bond donors (Lipinski definition) is 0. The van der Waals surface area contributed by atoms with E-state index in [0.717, 1.165) is 48.9 Å². The van der Waals surface area contributed by atoms with Crippen molar-refractivity contribution in [2.45, 2.75) is 63.9 Å². The second-order valence-electron chi connectivity index (χ2n) is 10.9. The van der Waals surface area contributed by atoms with Crippen LogP contribution in [0.4, 0.5) is 0 Å². The lowest BCUT2D eigenvalue weighted by molar-refractivity contribution is -0.174. The highest BCUT2D eigenvalue weighted by molar-refractivity contribution is 5.91. The first-order chi connectivity index (χ1) is 12.5. The third kappa shape index (κ3) is 1.49. The molecule has 1 aliphatic heterocycles. The Kier molecular flexibility index (Phi) is 2.46. The molecular formula is C23H28O3. The molecule has 0 N–H and O–H groups in total. The summed E-state index contributed by atoms with van der Waals surface area (Å²) >= 11 is 0. The summed E-state index contributed by atoms with van der Waals surface area (Å²) in [5.41, 5.74) is 1.64. The van der Waals surface area contributed by atoms with Gasteiger partial charge < -0.3 is 4.74 Å². The van der Waals surface area contributed by atoms with Crippen LogP contribution in [0.25, 0.3) is 0 Å². The van der Waals surface area contributed by atoms with Gasteiger partial charge in [0.05, 0.1) is 0 Å². The Labute approximate surface area is 154 Å². The monoisotopic (exact) mass is 352 g/mol. The van der Waals surface area contributed by atoms with E-state index in [2.05, 4.69) is 13.0 Å². The highest BCUT2D eigenvalue weighted by Crippen LogP contribution is 2.81. The normalized spacial score (nSPS) is 61.0. The summed E-state index contributed by atoms with van der Waals surface area (Å²) in [4.78, 5) is 24.1. The Morgan fingerprint density at radius 2 is 1.88 bits per heavy atom. The van der Waals surface area contributed by atoms with Gasteiger partial charge in [-0.15, -0.1) is 0 Å². The number of hydrogen-bond acceptors (Lipinski definition) is 3. The van der Waals surface area contributed by atoms with Crippen LogP contribution in [0.1, 0.15) is 58.3 Å². The van der Waals surface area contributed by atoms with Crippen LogP contribution >= 0.6 is 0 Å². The zero-order valence-corrected chi connectivity index (χ0v) is 15.6. The molecule has 5 saturated carbocycles. The minimum Gasteiger partial charge on any atom is -0.458 e. The van der Waals surface area contributed by atoms with E-state index in [1.807, 2.05) is 0 Å². The number of allylic oxidation sites excluding steroid dienone is 1. The highest BCUT2D eigenvalue weighted by atomic mass is 16.6. The molecule has 138 valence electrons. The minimum absolute atomic E-state index is 0.0589. The van der Waals surface area contributed by atoms with E-state index in [-0.39, 0.29) is 17.0 Å². The average Bonchev–Trinajstić information content (AvgIpc) is 3.51. The predicted molar refractivity (Wildman–Crippen MR) is 94.9 cm³/mol. The van der Waals surface area contributed by atoms with Crippen LogP contribution in [0, 0.1) is 52.8 Å². The van der Waals surface area contributed by atoms with E-state index < -0.39 is 0 Å². The van der Waals surface area contributed by atoms with Gasteiger partial charge in [-0.25, -0.2) is 0 Å².